The van der Waals surface area contributed by atoms with Crippen LogP contribution in [0.1, 0.15) is 17.8 Å². The molecule has 4 nitrogen and oxygen atoms in total. The Morgan fingerprint density at radius 2 is 1.95 bits per heavy atom. The number of benzene rings is 2. The van der Waals surface area contributed by atoms with Crippen LogP contribution < -0.4 is 10.5 Å². The standard InChI is InChI=1S/C18H21N3O/c1-22-15-9-10-17-16(12-15)20-18(8-5-11-19)21(17)13-14-6-3-2-4-7-14/h2-4,6-7,9-10,12H,5,8,11,13,19H2,1H3. The first-order chi connectivity index (χ1) is 10.8. The smallest absolute Gasteiger partial charge is 0.121 e. The van der Waals surface area contributed by atoms with Gasteiger partial charge in [-0.25, -0.2) is 4.98 Å². The molecule has 0 unspecified atom stereocenters. The highest BCUT2D eigenvalue weighted by Crippen LogP contribution is 2.23. The van der Waals surface area contributed by atoms with Gasteiger partial charge in [0.2, 0.25) is 0 Å². The van der Waals surface area contributed by atoms with Gasteiger partial charge >= 0.3 is 0 Å². The van der Waals surface area contributed by atoms with Gasteiger partial charge in [-0.15, -0.1) is 0 Å². The van der Waals surface area contributed by atoms with Crippen LogP contribution in [0.2, 0.25) is 0 Å². The molecule has 1 aromatic heterocycles. The summed E-state index contributed by atoms with van der Waals surface area (Å²) < 4.78 is 7.58. The van der Waals surface area contributed by atoms with Gasteiger partial charge in [0.15, 0.2) is 0 Å². The Kier molecular flexibility index (Phi) is 4.39. The monoisotopic (exact) mass is 295 g/mol. The van der Waals surface area contributed by atoms with Crippen LogP contribution in [0.25, 0.3) is 11.0 Å². The molecule has 0 aliphatic heterocycles. The van der Waals surface area contributed by atoms with Gasteiger partial charge in [0.1, 0.15) is 11.6 Å². The van der Waals surface area contributed by atoms with Crippen LogP contribution >= 0.6 is 0 Å². The minimum Gasteiger partial charge on any atom is -0.497 e. The second-order valence-corrected chi connectivity index (χ2v) is 5.35. The average Bonchev–Trinajstić information content (AvgIpc) is 2.90. The number of hydrogen-bond donors (Lipinski definition) is 1. The van der Waals surface area contributed by atoms with Gasteiger partial charge < -0.3 is 15.0 Å². The lowest BCUT2D eigenvalue weighted by molar-refractivity contribution is 0.415. The summed E-state index contributed by atoms with van der Waals surface area (Å²) in [5.41, 5.74) is 9.04. The van der Waals surface area contributed by atoms with E-state index in [1.807, 2.05) is 18.2 Å². The fourth-order valence-electron chi connectivity index (χ4n) is 2.68. The third kappa shape index (κ3) is 2.97. The summed E-state index contributed by atoms with van der Waals surface area (Å²) in [5, 5.41) is 0. The van der Waals surface area contributed by atoms with E-state index in [9.17, 15) is 0 Å². The SMILES string of the molecule is COc1ccc2c(c1)nc(CCCN)n2Cc1ccccc1. The maximum absolute atomic E-state index is 5.66. The minimum atomic E-state index is 0.678. The molecule has 1 heterocycles. The number of nitrogens with two attached hydrogens (primary N) is 1. The number of rotatable bonds is 6. The van der Waals surface area contributed by atoms with Crippen molar-refractivity contribution in [3.05, 3.63) is 59.9 Å². The molecule has 0 fully saturated rings. The second-order valence-electron chi connectivity index (χ2n) is 5.35. The van der Waals surface area contributed by atoms with E-state index in [0.717, 1.165) is 42.0 Å². The molecule has 0 radical (unpaired) electrons. The molecule has 3 aromatic rings. The second kappa shape index (κ2) is 6.62. The lowest BCUT2D eigenvalue weighted by Crippen LogP contribution is -2.08. The van der Waals surface area contributed by atoms with Crippen molar-refractivity contribution in [3.63, 3.8) is 0 Å². The van der Waals surface area contributed by atoms with Gasteiger partial charge in [-0.3, -0.25) is 0 Å². The lowest BCUT2D eigenvalue weighted by atomic mass is 10.2. The average molecular weight is 295 g/mol. The largest absolute Gasteiger partial charge is 0.497 e. The number of nitrogens with zero attached hydrogens (tertiary/aromatic N) is 2. The molecular formula is C18H21N3O. The van der Waals surface area contributed by atoms with Gasteiger partial charge in [-0.2, -0.15) is 0 Å². The van der Waals surface area contributed by atoms with Crippen LogP contribution in [-0.4, -0.2) is 23.2 Å². The number of aryl methyl sites for hydroxylation is 1. The van der Waals surface area contributed by atoms with Gasteiger partial charge in [-0.1, -0.05) is 30.3 Å². The van der Waals surface area contributed by atoms with Crippen molar-refractivity contribution in [2.75, 3.05) is 13.7 Å². The van der Waals surface area contributed by atoms with E-state index >= 15 is 0 Å². The highest BCUT2D eigenvalue weighted by molar-refractivity contribution is 5.78. The molecule has 0 aliphatic carbocycles. The Balaban J connectivity index is 2.03. The number of methoxy groups -OCH3 is 1. The highest BCUT2D eigenvalue weighted by atomic mass is 16.5. The van der Waals surface area contributed by atoms with E-state index in [1.54, 1.807) is 7.11 Å². The summed E-state index contributed by atoms with van der Waals surface area (Å²) in [5.74, 6) is 1.92. The zero-order chi connectivity index (χ0) is 15.4. The van der Waals surface area contributed by atoms with Gasteiger partial charge in [0.25, 0.3) is 0 Å². The molecule has 3 rings (SSSR count). The maximum atomic E-state index is 5.66. The van der Waals surface area contributed by atoms with Crippen molar-refractivity contribution >= 4 is 11.0 Å². The topological polar surface area (TPSA) is 53.1 Å². The first-order valence-electron chi connectivity index (χ1n) is 7.59. The highest BCUT2D eigenvalue weighted by Gasteiger charge is 2.11. The Bertz CT molecular complexity index is 750. The molecule has 0 saturated heterocycles. The number of imidazole rings is 1. The summed E-state index contributed by atoms with van der Waals surface area (Å²) in [6.45, 7) is 1.50. The number of ether oxygens (including phenoxy) is 1. The molecule has 22 heavy (non-hydrogen) atoms. The predicted molar refractivity (Wildman–Crippen MR) is 89.2 cm³/mol. The Hall–Kier alpha value is -2.33. The molecular weight excluding hydrogens is 274 g/mol. The van der Waals surface area contributed by atoms with Gasteiger partial charge in [0, 0.05) is 19.0 Å². The van der Waals surface area contributed by atoms with Gasteiger partial charge in [-0.05, 0) is 30.7 Å². The summed E-state index contributed by atoms with van der Waals surface area (Å²) in [6.07, 6.45) is 1.83. The van der Waals surface area contributed by atoms with E-state index in [2.05, 4.69) is 34.9 Å². The first kappa shape index (κ1) is 14.6. The molecule has 0 aliphatic rings. The molecule has 0 saturated carbocycles. The fraction of sp³-hybridized carbons (Fsp3) is 0.278. The van der Waals surface area contributed by atoms with Crippen LogP contribution in [0.3, 0.4) is 0 Å². The summed E-state index contributed by atoms with van der Waals surface area (Å²) in [6, 6.07) is 16.5. The molecule has 114 valence electrons. The van der Waals surface area contributed by atoms with E-state index in [1.165, 1.54) is 5.56 Å². The van der Waals surface area contributed by atoms with Crippen LogP contribution in [0.5, 0.6) is 5.75 Å². The summed E-state index contributed by atoms with van der Waals surface area (Å²) >= 11 is 0. The zero-order valence-corrected chi connectivity index (χ0v) is 12.8. The van der Waals surface area contributed by atoms with E-state index < -0.39 is 0 Å². The predicted octanol–water partition coefficient (Wildman–Crippen LogP) is 2.98. The van der Waals surface area contributed by atoms with E-state index in [0.29, 0.717) is 6.54 Å². The van der Waals surface area contributed by atoms with Crippen molar-refractivity contribution in [3.8, 4) is 5.75 Å². The Morgan fingerprint density at radius 1 is 1.14 bits per heavy atom. The van der Waals surface area contributed by atoms with Gasteiger partial charge in [0.05, 0.1) is 18.1 Å². The number of hydrogen-bond acceptors (Lipinski definition) is 3. The third-order valence-corrected chi connectivity index (χ3v) is 3.82. The van der Waals surface area contributed by atoms with E-state index in [-0.39, 0.29) is 0 Å². The fourth-order valence-corrected chi connectivity index (χ4v) is 2.68. The number of aromatic nitrogens is 2. The molecule has 0 atom stereocenters. The number of fused-ring (bicyclic) bond motifs is 1. The summed E-state index contributed by atoms with van der Waals surface area (Å²) in [4.78, 5) is 4.78. The zero-order valence-electron chi connectivity index (χ0n) is 12.8. The van der Waals surface area contributed by atoms with Crippen LogP contribution in [0, 0.1) is 0 Å². The quantitative estimate of drug-likeness (QED) is 0.760. The Morgan fingerprint density at radius 3 is 2.68 bits per heavy atom. The minimum absolute atomic E-state index is 0.678. The molecule has 0 amide bonds. The molecule has 4 heteroatoms. The van der Waals surface area contributed by atoms with Crippen molar-refractivity contribution in [1.29, 1.82) is 0 Å². The lowest BCUT2D eigenvalue weighted by Gasteiger charge is -2.09. The molecule has 0 bridgehead atoms. The van der Waals surface area contributed by atoms with Crippen molar-refractivity contribution in [1.82, 2.24) is 9.55 Å². The molecule has 2 N–H and O–H groups in total. The molecule has 2 aromatic carbocycles. The third-order valence-electron chi connectivity index (χ3n) is 3.82. The van der Waals surface area contributed by atoms with Crippen LogP contribution in [-0.2, 0) is 13.0 Å². The molecule has 0 spiro atoms. The summed E-state index contributed by atoms with van der Waals surface area (Å²) in [7, 11) is 1.68. The van der Waals surface area contributed by atoms with Crippen LogP contribution in [0.15, 0.2) is 48.5 Å². The van der Waals surface area contributed by atoms with Crippen molar-refractivity contribution in [2.24, 2.45) is 5.73 Å². The van der Waals surface area contributed by atoms with Crippen molar-refractivity contribution < 1.29 is 4.74 Å². The Labute approximate surface area is 130 Å². The maximum Gasteiger partial charge on any atom is 0.121 e. The first-order valence-corrected chi connectivity index (χ1v) is 7.59. The van der Waals surface area contributed by atoms with Crippen LogP contribution in [0.4, 0.5) is 0 Å². The normalized spacial score (nSPS) is 11.0. The van der Waals surface area contributed by atoms with Crippen molar-refractivity contribution in [2.45, 2.75) is 19.4 Å². The van der Waals surface area contributed by atoms with E-state index in [4.69, 9.17) is 15.5 Å².